The second kappa shape index (κ2) is 6.29. The lowest BCUT2D eigenvalue weighted by Crippen LogP contribution is -2.01. The summed E-state index contributed by atoms with van der Waals surface area (Å²) in [5, 5.41) is 19.7. The minimum Gasteiger partial charge on any atom is -0.476 e. The first-order chi connectivity index (χ1) is 10.2. The van der Waals surface area contributed by atoms with Crippen molar-refractivity contribution in [2.75, 3.05) is 7.11 Å². The molecule has 1 aromatic heterocycles. The van der Waals surface area contributed by atoms with Gasteiger partial charge in [-0.15, -0.1) is 0 Å². The fourth-order valence-corrected chi connectivity index (χ4v) is 1.61. The summed E-state index contributed by atoms with van der Waals surface area (Å²) < 4.78 is 10.2. The summed E-state index contributed by atoms with van der Waals surface area (Å²) in [7, 11) is 1.27. The molecule has 0 spiro atoms. The van der Waals surface area contributed by atoms with E-state index in [1.807, 2.05) is 6.07 Å². The molecule has 0 saturated heterocycles. The van der Waals surface area contributed by atoms with E-state index in [1.165, 1.54) is 7.11 Å². The molecule has 0 aliphatic heterocycles. The molecule has 0 atom stereocenters. The van der Waals surface area contributed by atoms with Crippen molar-refractivity contribution in [3.05, 3.63) is 46.3 Å². The molecule has 8 nitrogen and oxygen atoms in total. The Hall–Kier alpha value is -3.21. The summed E-state index contributed by atoms with van der Waals surface area (Å²) in [4.78, 5) is 17.8. The molecular formula is C13H10N4O4. The second-order valence-electron chi connectivity index (χ2n) is 3.87. The lowest BCUT2D eigenvalue weighted by molar-refractivity contribution is -0.387. The predicted octanol–water partition coefficient (Wildman–Crippen LogP) is 2.25. The number of methoxy groups -OCH3 is 1. The first-order valence-corrected chi connectivity index (χ1v) is 5.83. The average molecular weight is 286 g/mol. The van der Waals surface area contributed by atoms with Gasteiger partial charge in [0.15, 0.2) is 0 Å². The van der Waals surface area contributed by atoms with Crippen LogP contribution in [0.4, 0.5) is 5.69 Å². The van der Waals surface area contributed by atoms with Crippen molar-refractivity contribution in [2.45, 2.75) is 6.42 Å². The van der Waals surface area contributed by atoms with Crippen molar-refractivity contribution in [1.29, 1.82) is 5.26 Å². The number of aromatic nitrogens is 2. The molecule has 0 aliphatic rings. The van der Waals surface area contributed by atoms with Gasteiger partial charge in [-0.1, -0.05) is 12.1 Å². The van der Waals surface area contributed by atoms with Crippen LogP contribution in [0.3, 0.4) is 0 Å². The zero-order valence-corrected chi connectivity index (χ0v) is 11.0. The smallest absolute Gasteiger partial charge is 0.392 e. The van der Waals surface area contributed by atoms with Crippen LogP contribution < -0.4 is 9.47 Å². The van der Waals surface area contributed by atoms with Gasteiger partial charge in [-0.2, -0.15) is 15.2 Å². The quantitative estimate of drug-likeness (QED) is 0.612. The number of rotatable bonds is 5. The first-order valence-electron chi connectivity index (χ1n) is 5.83. The van der Waals surface area contributed by atoms with Crippen LogP contribution in [-0.4, -0.2) is 22.0 Å². The zero-order valence-electron chi connectivity index (χ0n) is 11.0. The molecular weight excluding hydrogens is 276 g/mol. The van der Waals surface area contributed by atoms with Crippen LogP contribution in [0.15, 0.2) is 30.6 Å². The number of hydrogen-bond donors (Lipinski definition) is 0. The molecule has 106 valence electrons. The monoisotopic (exact) mass is 286 g/mol. The predicted molar refractivity (Wildman–Crippen MR) is 71.1 cm³/mol. The molecule has 1 heterocycles. The van der Waals surface area contributed by atoms with Crippen LogP contribution in [0, 0.1) is 21.4 Å². The maximum atomic E-state index is 11.1. The van der Waals surface area contributed by atoms with Gasteiger partial charge < -0.3 is 9.47 Å². The summed E-state index contributed by atoms with van der Waals surface area (Å²) in [5.41, 5.74) is 0.376. The molecule has 0 amide bonds. The Labute approximate surface area is 119 Å². The molecule has 0 fully saturated rings. The SMILES string of the molecule is COc1ncnc(Oc2ccc(CC#N)cc2)c1[N+](=O)[O-]. The molecule has 2 rings (SSSR count). The van der Waals surface area contributed by atoms with Gasteiger partial charge in [-0.3, -0.25) is 10.1 Å². The molecule has 0 bridgehead atoms. The molecule has 0 N–H and O–H groups in total. The van der Waals surface area contributed by atoms with E-state index in [0.29, 0.717) is 5.75 Å². The standard InChI is InChI=1S/C13H10N4O4/c1-20-12-11(17(18)19)13(16-8-15-12)21-10-4-2-9(3-5-10)6-7-14/h2-5,8H,6H2,1H3. The highest BCUT2D eigenvalue weighted by atomic mass is 16.6. The minimum atomic E-state index is -0.668. The third-order valence-corrected chi connectivity index (χ3v) is 2.55. The molecule has 0 saturated carbocycles. The van der Waals surface area contributed by atoms with E-state index >= 15 is 0 Å². The second-order valence-corrected chi connectivity index (χ2v) is 3.87. The van der Waals surface area contributed by atoms with Gasteiger partial charge in [-0.25, -0.2) is 0 Å². The fourth-order valence-electron chi connectivity index (χ4n) is 1.61. The zero-order chi connectivity index (χ0) is 15.2. The molecule has 2 aromatic rings. The number of nitriles is 1. The van der Waals surface area contributed by atoms with Gasteiger partial charge in [0.05, 0.1) is 24.5 Å². The van der Waals surface area contributed by atoms with Crippen molar-refractivity contribution in [1.82, 2.24) is 9.97 Å². The maximum Gasteiger partial charge on any atom is 0.392 e. The summed E-state index contributed by atoms with van der Waals surface area (Å²) in [5.74, 6) is -0.0217. The third kappa shape index (κ3) is 3.22. The Bertz CT molecular complexity index is 694. The van der Waals surface area contributed by atoms with Gasteiger partial charge in [0.1, 0.15) is 12.1 Å². The topological polar surface area (TPSA) is 111 Å². The van der Waals surface area contributed by atoms with E-state index in [0.717, 1.165) is 11.9 Å². The molecule has 0 unspecified atom stereocenters. The van der Waals surface area contributed by atoms with Gasteiger partial charge in [0.2, 0.25) is 0 Å². The Kier molecular flexibility index (Phi) is 4.26. The van der Waals surface area contributed by atoms with E-state index in [4.69, 9.17) is 14.7 Å². The summed E-state index contributed by atoms with van der Waals surface area (Å²) >= 11 is 0. The largest absolute Gasteiger partial charge is 0.476 e. The van der Waals surface area contributed by atoms with Crippen LogP contribution in [0.25, 0.3) is 0 Å². The number of benzene rings is 1. The van der Waals surface area contributed by atoms with Gasteiger partial charge in [-0.05, 0) is 17.7 Å². The van der Waals surface area contributed by atoms with E-state index in [9.17, 15) is 10.1 Å². The summed E-state index contributed by atoms with van der Waals surface area (Å²) in [6, 6.07) is 8.62. The Morgan fingerprint density at radius 2 is 1.95 bits per heavy atom. The van der Waals surface area contributed by atoms with Crippen molar-refractivity contribution >= 4 is 5.69 Å². The Morgan fingerprint density at radius 1 is 1.29 bits per heavy atom. The lowest BCUT2D eigenvalue weighted by Gasteiger charge is -2.07. The number of nitro groups is 1. The molecule has 21 heavy (non-hydrogen) atoms. The van der Waals surface area contributed by atoms with Crippen molar-refractivity contribution in [3.8, 4) is 23.6 Å². The first kappa shape index (κ1) is 14.2. The van der Waals surface area contributed by atoms with Crippen molar-refractivity contribution in [3.63, 3.8) is 0 Å². The number of hydrogen-bond acceptors (Lipinski definition) is 7. The third-order valence-electron chi connectivity index (χ3n) is 2.55. The Morgan fingerprint density at radius 3 is 2.52 bits per heavy atom. The minimum absolute atomic E-state index is 0.175. The molecule has 1 aromatic carbocycles. The highest BCUT2D eigenvalue weighted by molar-refractivity contribution is 5.50. The van der Waals surface area contributed by atoms with Crippen LogP contribution >= 0.6 is 0 Å². The summed E-state index contributed by atoms with van der Waals surface area (Å²) in [6.07, 6.45) is 1.40. The highest BCUT2D eigenvalue weighted by Crippen LogP contribution is 2.35. The Balaban J connectivity index is 2.31. The van der Waals surface area contributed by atoms with E-state index in [1.54, 1.807) is 24.3 Å². The van der Waals surface area contributed by atoms with E-state index in [-0.39, 0.29) is 18.2 Å². The van der Waals surface area contributed by atoms with Crippen LogP contribution in [0.2, 0.25) is 0 Å². The van der Waals surface area contributed by atoms with Gasteiger partial charge in [0, 0.05) is 0 Å². The maximum absolute atomic E-state index is 11.1. The average Bonchev–Trinajstić information content (AvgIpc) is 2.49. The number of nitrogens with zero attached hydrogens (tertiary/aromatic N) is 4. The van der Waals surface area contributed by atoms with Crippen LogP contribution in [0.5, 0.6) is 17.5 Å². The van der Waals surface area contributed by atoms with Gasteiger partial charge in [0.25, 0.3) is 0 Å². The molecule has 0 radical (unpaired) electrons. The van der Waals surface area contributed by atoms with E-state index in [2.05, 4.69) is 9.97 Å². The normalized spacial score (nSPS) is 9.71. The molecule has 0 aliphatic carbocycles. The highest BCUT2D eigenvalue weighted by Gasteiger charge is 2.25. The van der Waals surface area contributed by atoms with Crippen molar-refractivity contribution < 1.29 is 14.4 Å². The lowest BCUT2D eigenvalue weighted by atomic mass is 10.2. The van der Waals surface area contributed by atoms with E-state index < -0.39 is 10.6 Å². The van der Waals surface area contributed by atoms with Crippen LogP contribution in [-0.2, 0) is 6.42 Å². The van der Waals surface area contributed by atoms with Crippen molar-refractivity contribution in [2.24, 2.45) is 0 Å². The fraction of sp³-hybridized carbons (Fsp3) is 0.154. The number of ether oxygens (including phenoxy) is 2. The summed E-state index contributed by atoms with van der Waals surface area (Å²) in [6.45, 7) is 0. The molecule has 8 heteroatoms. The van der Waals surface area contributed by atoms with Gasteiger partial charge >= 0.3 is 17.4 Å². The van der Waals surface area contributed by atoms with Crippen LogP contribution in [0.1, 0.15) is 5.56 Å².